The van der Waals surface area contributed by atoms with Gasteiger partial charge in [0.2, 0.25) is 5.76 Å². The van der Waals surface area contributed by atoms with Gasteiger partial charge in [0.05, 0.1) is 6.10 Å². The molecule has 17 heavy (non-hydrogen) atoms. The van der Waals surface area contributed by atoms with Gasteiger partial charge in [0.15, 0.2) is 0 Å². The summed E-state index contributed by atoms with van der Waals surface area (Å²) in [6.45, 7) is 5.21. The quantitative estimate of drug-likeness (QED) is 0.834. The van der Waals surface area contributed by atoms with Crippen molar-refractivity contribution in [2.45, 2.75) is 39.0 Å². The molecule has 0 radical (unpaired) electrons. The second-order valence-corrected chi connectivity index (χ2v) is 4.35. The molecule has 0 aliphatic carbocycles. The van der Waals surface area contributed by atoms with E-state index in [1.54, 1.807) is 13.0 Å². The molecule has 1 aliphatic heterocycles. The lowest BCUT2D eigenvalue weighted by molar-refractivity contribution is 0.0661. The maximum Gasteiger partial charge on any atom is 0.371 e. The fourth-order valence-corrected chi connectivity index (χ4v) is 2.04. The van der Waals surface area contributed by atoms with Gasteiger partial charge < -0.3 is 19.6 Å². The van der Waals surface area contributed by atoms with Crippen LogP contribution in [0.1, 0.15) is 35.2 Å². The average molecular weight is 239 g/mol. The van der Waals surface area contributed by atoms with Crippen molar-refractivity contribution in [1.82, 2.24) is 5.32 Å². The van der Waals surface area contributed by atoms with E-state index in [0.29, 0.717) is 18.3 Å². The Kier molecular flexibility index (Phi) is 3.49. The van der Waals surface area contributed by atoms with E-state index in [-0.39, 0.29) is 11.9 Å². The van der Waals surface area contributed by atoms with Crippen molar-refractivity contribution in [3.63, 3.8) is 0 Å². The number of aromatic carboxylic acids is 1. The predicted molar refractivity (Wildman–Crippen MR) is 61.1 cm³/mol. The fraction of sp³-hybridized carbons (Fsp3) is 0.583. The van der Waals surface area contributed by atoms with E-state index in [4.69, 9.17) is 14.3 Å². The topological polar surface area (TPSA) is 71.7 Å². The van der Waals surface area contributed by atoms with Crippen LogP contribution in [-0.4, -0.2) is 29.8 Å². The molecule has 0 amide bonds. The zero-order chi connectivity index (χ0) is 12.4. The highest BCUT2D eigenvalue weighted by Gasteiger charge is 2.24. The summed E-state index contributed by atoms with van der Waals surface area (Å²) in [6.07, 6.45) is 1.20. The molecule has 1 aliphatic rings. The molecule has 1 saturated heterocycles. The predicted octanol–water partition coefficient (Wildman–Crippen LogP) is 1.55. The average Bonchev–Trinajstić information content (AvgIpc) is 2.82. The molecule has 2 heterocycles. The minimum absolute atomic E-state index is 0.00461. The molecule has 5 nitrogen and oxygen atoms in total. The van der Waals surface area contributed by atoms with Crippen molar-refractivity contribution in [1.29, 1.82) is 0 Å². The van der Waals surface area contributed by atoms with Gasteiger partial charge in [-0.2, -0.15) is 0 Å². The molecule has 0 saturated carbocycles. The van der Waals surface area contributed by atoms with Crippen LogP contribution >= 0.6 is 0 Å². The number of ether oxygens (including phenoxy) is 1. The highest BCUT2D eigenvalue weighted by Crippen LogP contribution is 2.17. The van der Waals surface area contributed by atoms with Crippen molar-refractivity contribution < 1.29 is 19.1 Å². The van der Waals surface area contributed by atoms with Gasteiger partial charge in [0.25, 0.3) is 0 Å². The van der Waals surface area contributed by atoms with Crippen LogP contribution in [0.15, 0.2) is 10.5 Å². The summed E-state index contributed by atoms with van der Waals surface area (Å²) in [5, 5.41) is 12.2. The van der Waals surface area contributed by atoms with Crippen LogP contribution in [0.4, 0.5) is 0 Å². The SMILES string of the molecule is Cc1oc(C(=O)O)cc1CNC1CCOC1C. The molecule has 0 bridgehead atoms. The maximum atomic E-state index is 10.7. The van der Waals surface area contributed by atoms with Gasteiger partial charge in [0.1, 0.15) is 5.76 Å². The van der Waals surface area contributed by atoms with Gasteiger partial charge in [-0.05, 0) is 26.3 Å². The molecule has 1 aromatic heterocycles. The first-order valence-corrected chi connectivity index (χ1v) is 5.75. The second-order valence-electron chi connectivity index (χ2n) is 4.35. The molecule has 2 unspecified atom stereocenters. The third kappa shape index (κ3) is 2.68. The summed E-state index contributed by atoms with van der Waals surface area (Å²) in [6, 6.07) is 1.91. The Hall–Kier alpha value is -1.33. The Bertz CT molecular complexity index is 413. The summed E-state index contributed by atoms with van der Waals surface area (Å²) >= 11 is 0. The van der Waals surface area contributed by atoms with Gasteiger partial charge in [-0.3, -0.25) is 0 Å². The second kappa shape index (κ2) is 4.89. The van der Waals surface area contributed by atoms with Crippen LogP contribution in [-0.2, 0) is 11.3 Å². The smallest absolute Gasteiger partial charge is 0.371 e. The summed E-state index contributed by atoms with van der Waals surface area (Å²) in [4.78, 5) is 10.7. The Morgan fingerprint density at radius 1 is 1.65 bits per heavy atom. The van der Waals surface area contributed by atoms with Gasteiger partial charge in [-0.15, -0.1) is 0 Å². The van der Waals surface area contributed by atoms with E-state index in [2.05, 4.69) is 5.32 Å². The van der Waals surface area contributed by atoms with Crippen LogP contribution in [0, 0.1) is 6.92 Å². The molecule has 0 aromatic carbocycles. The Balaban J connectivity index is 1.96. The molecule has 94 valence electrons. The zero-order valence-electron chi connectivity index (χ0n) is 10.0. The first kappa shape index (κ1) is 12.1. The third-order valence-electron chi connectivity index (χ3n) is 3.16. The van der Waals surface area contributed by atoms with E-state index in [9.17, 15) is 4.79 Å². The number of hydrogen-bond donors (Lipinski definition) is 2. The summed E-state index contributed by atoms with van der Waals surface area (Å²) in [5.74, 6) is -0.381. The highest BCUT2D eigenvalue weighted by atomic mass is 16.5. The monoisotopic (exact) mass is 239 g/mol. The summed E-state index contributed by atoms with van der Waals surface area (Å²) in [7, 11) is 0. The molecule has 2 rings (SSSR count). The van der Waals surface area contributed by atoms with Gasteiger partial charge in [-0.1, -0.05) is 0 Å². The van der Waals surface area contributed by atoms with E-state index < -0.39 is 5.97 Å². The normalized spacial score (nSPS) is 24.1. The molecule has 2 atom stereocenters. The van der Waals surface area contributed by atoms with Crippen LogP contribution < -0.4 is 5.32 Å². The van der Waals surface area contributed by atoms with E-state index in [1.165, 1.54) is 0 Å². The number of furan rings is 1. The lowest BCUT2D eigenvalue weighted by Crippen LogP contribution is -2.34. The Morgan fingerprint density at radius 2 is 2.41 bits per heavy atom. The summed E-state index contributed by atoms with van der Waals surface area (Å²) in [5.41, 5.74) is 0.890. The van der Waals surface area contributed by atoms with Gasteiger partial charge >= 0.3 is 5.97 Å². The molecule has 1 fully saturated rings. The van der Waals surface area contributed by atoms with E-state index >= 15 is 0 Å². The van der Waals surface area contributed by atoms with Crippen LogP contribution in [0.25, 0.3) is 0 Å². The van der Waals surface area contributed by atoms with Crippen LogP contribution in [0.5, 0.6) is 0 Å². The number of carbonyl (C=O) groups is 1. The first-order chi connectivity index (χ1) is 8.08. The van der Waals surface area contributed by atoms with E-state index in [0.717, 1.165) is 18.6 Å². The Labute approximate surface area is 99.8 Å². The van der Waals surface area contributed by atoms with Crippen molar-refractivity contribution in [2.75, 3.05) is 6.61 Å². The minimum atomic E-state index is -1.03. The number of rotatable bonds is 4. The molecular formula is C12H17NO4. The molecular weight excluding hydrogens is 222 g/mol. The summed E-state index contributed by atoms with van der Waals surface area (Å²) < 4.78 is 10.6. The zero-order valence-corrected chi connectivity index (χ0v) is 10.0. The third-order valence-corrected chi connectivity index (χ3v) is 3.16. The molecule has 0 spiro atoms. The molecule has 5 heteroatoms. The number of aryl methyl sites for hydroxylation is 1. The van der Waals surface area contributed by atoms with Crippen molar-refractivity contribution >= 4 is 5.97 Å². The number of carboxylic acids is 1. The van der Waals surface area contributed by atoms with Crippen LogP contribution in [0.2, 0.25) is 0 Å². The van der Waals surface area contributed by atoms with Crippen molar-refractivity contribution in [3.05, 3.63) is 23.2 Å². The largest absolute Gasteiger partial charge is 0.475 e. The van der Waals surface area contributed by atoms with Crippen molar-refractivity contribution in [3.8, 4) is 0 Å². The van der Waals surface area contributed by atoms with Crippen LogP contribution in [0.3, 0.4) is 0 Å². The number of hydrogen-bond acceptors (Lipinski definition) is 4. The maximum absolute atomic E-state index is 10.7. The molecule has 1 aromatic rings. The first-order valence-electron chi connectivity index (χ1n) is 5.75. The highest BCUT2D eigenvalue weighted by molar-refractivity contribution is 5.84. The lowest BCUT2D eigenvalue weighted by atomic mass is 10.1. The molecule has 2 N–H and O–H groups in total. The minimum Gasteiger partial charge on any atom is -0.475 e. The van der Waals surface area contributed by atoms with E-state index in [1.807, 2.05) is 6.92 Å². The van der Waals surface area contributed by atoms with Crippen molar-refractivity contribution in [2.24, 2.45) is 0 Å². The Morgan fingerprint density at radius 3 is 2.94 bits per heavy atom. The van der Waals surface area contributed by atoms with Gasteiger partial charge in [-0.25, -0.2) is 4.79 Å². The number of nitrogens with one attached hydrogen (secondary N) is 1. The lowest BCUT2D eigenvalue weighted by Gasteiger charge is -2.15. The number of carboxylic acid groups (broad SMARTS) is 1. The fourth-order valence-electron chi connectivity index (χ4n) is 2.04. The van der Waals surface area contributed by atoms with Gasteiger partial charge in [0, 0.05) is 24.8 Å². The standard InChI is InChI=1S/C12H17NO4/c1-7-9(5-11(17-7)12(14)15)6-13-10-3-4-16-8(10)2/h5,8,10,13H,3-4,6H2,1-2H3,(H,14,15).